The lowest BCUT2D eigenvalue weighted by molar-refractivity contribution is -0.144. The number of rotatable bonds is 5. The molecular weight excluding hydrogens is 337 g/mol. The number of fused-ring (bicyclic) bond motifs is 1. The van der Waals surface area contributed by atoms with Crippen LogP contribution in [-0.4, -0.2) is 61.9 Å². The molecule has 138 valence electrons. The van der Waals surface area contributed by atoms with Crippen LogP contribution in [-0.2, 0) is 6.18 Å². The first kappa shape index (κ1) is 17.9. The second-order valence-corrected chi connectivity index (χ2v) is 6.31. The highest BCUT2D eigenvalue weighted by Gasteiger charge is 2.37. The standard InChI is InChI=1S/C15H21F3N6O/c1-10-7-12(20-11(9-25)8-23-5-3-2-4-6-23)24-14(19-10)21-13(22-24)15(16,17)18/h7,11,20,25H,2-6,8-9H2,1H3/t11-/m1/s1. The molecule has 0 bridgehead atoms. The molecule has 25 heavy (non-hydrogen) atoms. The van der Waals surface area contributed by atoms with Crippen LogP contribution in [0.25, 0.3) is 5.78 Å². The van der Waals surface area contributed by atoms with Gasteiger partial charge in [0.15, 0.2) is 0 Å². The fraction of sp³-hybridized carbons (Fsp3) is 0.667. The van der Waals surface area contributed by atoms with E-state index < -0.39 is 12.0 Å². The van der Waals surface area contributed by atoms with Crippen LogP contribution in [0.15, 0.2) is 6.07 Å². The van der Waals surface area contributed by atoms with E-state index in [1.165, 1.54) is 6.42 Å². The minimum atomic E-state index is -4.64. The van der Waals surface area contributed by atoms with E-state index >= 15 is 0 Å². The van der Waals surface area contributed by atoms with Crippen molar-refractivity contribution in [2.24, 2.45) is 0 Å². The molecule has 0 aromatic carbocycles. The summed E-state index contributed by atoms with van der Waals surface area (Å²) >= 11 is 0. The lowest BCUT2D eigenvalue weighted by Gasteiger charge is -2.30. The third-order valence-corrected chi connectivity index (χ3v) is 4.19. The van der Waals surface area contributed by atoms with Crippen molar-refractivity contribution < 1.29 is 18.3 Å². The molecule has 7 nitrogen and oxygen atoms in total. The molecule has 0 spiro atoms. The second-order valence-electron chi connectivity index (χ2n) is 6.31. The lowest BCUT2D eigenvalue weighted by Crippen LogP contribution is -2.41. The van der Waals surface area contributed by atoms with Crippen LogP contribution in [0.2, 0.25) is 0 Å². The van der Waals surface area contributed by atoms with Crippen molar-refractivity contribution in [3.05, 3.63) is 17.6 Å². The lowest BCUT2D eigenvalue weighted by atomic mass is 10.1. The van der Waals surface area contributed by atoms with Gasteiger partial charge in [0.25, 0.3) is 11.6 Å². The van der Waals surface area contributed by atoms with Gasteiger partial charge in [-0.1, -0.05) is 6.42 Å². The number of nitrogens with zero attached hydrogens (tertiary/aromatic N) is 5. The second kappa shape index (κ2) is 7.12. The van der Waals surface area contributed by atoms with Gasteiger partial charge in [-0.2, -0.15) is 22.7 Å². The first-order valence-corrected chi connectivity index (χ1v) is 8.28. The Kier molecular flexibility index (Phi) is 5.09. The summed E-state index contributed by atoms with van der Waals surface area (Å²) in [4.78, 5) is 9.69. The molecule has 1 fully saturated rings. The van der Waals surface area contributed by atoms with Crippen LogP contribution in [0, 0.1) is 6.92 Å². The van der Waals surface area contributed by atoms with Gasteiger partial charge in [0.2, 0.25) is 0 Å². The fourth-order valence-electron chi connectivity index (χ4n) is 3.02. The molecule has 2 N–H and O–H groups in total. The number of likely N-dealkylation sites (tertiary alicyclic amines) is 1. The van der Waals surface area contributed by atoms with Crippen molar-refractivity contribution in [2.75, 3.05) is 31.6 Å². The first-order chi connectivity index (χ1) is 11.9. The highest BCUT2D eigenvalue weighted by molar-refractivity contribution is 5.46. The van der Waals surface area contributed by atoms with E-state index in [4.69, 9.17) is 0 Å². The van der Waals surface area contributed by atoms with Crippen LogP contribution < -0.4 is 5.32 Å². The Morgan fingerprint density at radius 3 is 2.60 bits per heavy atom. The van der Waals surface area contributed by atoms with E-state index in [2.05, 4.69) is 25.3 Å². The summed E-state index contributed by atoms with van der Waals surface area (Å²) in [6.07, 6.45) is -1.19. The van der Waals surface area contributed by atoms with Crippen LogP contribution >= 0.6 is 0 Å². The van der Waals surface area contributed by atoms with Gasteiger partial charge < -0.3 is 15.3 Å². The van der Waals surface area contributed by atoms with Gasteiger partial charge in [-0.05, 0) is 32.9 Å². The summed E-state index contributed by atoms with van der Waals surface area (Å²) < 4.78 is 39.6. The highest BCUT2D eigenvalue weighted by atomic mass is 19.4. The molecule has 0 amide bonds. The maximum absolute atomic E-state index is 12.9. The number of aliphatic hydroxyl groups excluding tert-OH is 1. The maximum Gasteiger partial charge on any atom is 0.453 e. The molecule has 0 unspecified atom stereocenters. The molecule has 1 saturated heterocycles. The quantitative estimate of drug-likeness (QED) is 0.847. The van der Waals surface area contributed by atoms with Gasteiger partial charge in [-0.25, -0.2) is 4.98 Å². The number of aliphatic hydroxyl groups is 1. The fourth-order valence-corrected chi connectivity index (χ4v) is 3.02. The normalized spacial score (nSPS) is 17.8. The van der Waals surface area contributed by atoms with Crippen molar-refractivity contribution in [3.63, 3.8) is 0 Å². The average Bonchev–Trinajstić information content (AvgIpc) is 2.99. The molecule has 3 heterocycles. The van der Waals surface area contributed by atoms with E-state index in [1.54, 1.807) is 13.0 Å². The Morgan fingerprint density at radius 1 is 1.24 bits per heavy atom. The topological polar surface area (TPSA) is 78.6 Å². The number of anilines is 1. The Labute approximate surface area is 142 Å². The van der Waals surface area contributed by atoms with E-state index in [1.807, 2.05) is 0 Å². The first-order valence-electron chi connectivity index (χ1n) is 8.28. The van der Waals surface area contributed by atoms with Crippen molar-refractivity contribution in [1.82, 2.24) is 24.5 Å². The minimum Gasteiger partial charge on any atom is -0.394 e. The van der Waals surface area contributed by atoms with Crippen molar-refractivity contribution >= 4 is 11.6 Å². The number of hydrogen-bond donors (Lipinski definition) is 2. The molecule has 1 aliphatic heterocycles. The SMILES string of the molecule is Cc1cc(N[C@@H](CO)CN2CCCCC2)n2nc(C(F)(F)F)nc2n1. The molecule has 0 saturated carbocycles. The van der Waals surface area contributed by atoms with Gasteiger partial charge in [-0.3, -0.25) is 0 Å². The molecule has 2 aromatic heterocycles. The smallest absolute Gasteiger partial charge is 0.394 e. The molecule has 1 aliphatic rings. The maximum atomic E-state index is 12.9. The number of halogens is 3. The Balaban J connectivity index is 1.84. The van der Waals surface area contributed by atoms with E-state index in [9.17, 15) is 18.3 Å². The molecule has 10 heteroatoms. The number of aryl methyl sites for hydroxylation is 1. The zero-order valence-corrected chi connectivity index (χ0v) is 13.9. The van der Waals surface area contributed by atoms with Gasteiger partial charge in [0.05, 0.1) is 12.6 Å². The largest absolute Gasteiger partial charge is 0.453 e. The Bertz CT molecular complexity index is 726. The van der Waals surface area contributed by atoms with Gasteiger partial charge >= 0.3 is 6.18 Å². The number of alkyl halides is 3. The Morgan fingerprint density at radius 2 is 1.96 bits per heavy atom. The monoisotopic (exact) mass is 358 g/mol. The number of aromatic nitrogens is 4. The van der Waals surface area contributed by atoms with Crippen LogP contribution in [0.3, 0.4) is 0 Å². The molecule has 1 atom stereocenters. The summed E-state index contributed by atoms with van der Waals surface area (Å²) in [5.41, 5.74) is 0.519. The summed E-state index contributed by atoms with van der Waals surface area (Å²) in [5.74, 6) is -1.02. The molecule has 3 rings (SSSR count). The van der Waals surface area contributed by atoms with Crippen LogP contribution in [0.1, 0.15) is 30.8 Å². The van der Waals surface area contributed by atoms with Crippen LogP contribution in [0.5, 0.6) is 0 Å². The highest BCUT2D eigenvalue weighted by Crippen LogP contribution is 2.27. The number of hydrogen-bond acceptors (Lipinski definition) is 6. The minimum absolute atomic E-state index is 0.121. The van der Waals surface area contributed by atoms with Gasteiger partial charge in [-0.15, -0.1) is 5.10 Å². The predicted molar refractivity (Wildman–Crippen MR) is 85.3 cm³/mol. The van der Waals surface area contributed by atoms with E-state index in [0.29, 0.717) is 18.1 Å². The zero-order chi connectivity index (χ0) is 18.0. The number of nitrogens with one attached hydrogen (secondary N) is 1. The number of piperidine rings is 1. The molecule has 0 radical (unpaired) electrons. The third kappa shape index (κ3) is 4.18. The van der Waals surface area contributed by atoms with Crippen molar-refractivity contribution in [2.45, 2.75) is 38.4 Å². The predicted octanol–water partition coefficient (Wildman–Crippen LogP) is 1.71. The van der Waals surface area contributed by atoms with Crippen LogP contribution in [0.4, 0.5) is 19.0 Å². The van der Waals surface area contributed by atoms with Gasteiger partial charge in [0, 0.05) is 18.3 Å². The molecular formula is C15H21F3N6O. The summed E-state index contributed by atoms with van der Waals surface area (Å²) in [7, 11) is 0. The van der Waals surface area contributed by atoms with E-state index in [-0.39, 0.29) is 18.4 Å². The van der Waals surface area contributed by atoms with Crippen molar-refractivity contribution in [1.29, 1.82) is 0 Å². The summed E-state index contributed by atoms with van der Waals surface area (Å²) in [6.45, 7) is 4.07. The molecule has 0 aliphatic carbocycles. The van der Waals surface area contributed by atoms with Gasteiger partial charge in [0.1, 0.15) is 5.82 Å². The Hall–Kier alpha value is -1.94. The average molecular weight is 358 g/mol. The summed E-state index contributed by atoms with van der Waals surface area (Å²) in [6, 6.07) is 1.28. The molecule has 2 aromatic rings. The third-order valence-electron chi connectivity index (χ3n) is 4.19. The van der Waals surface area contributed by atoms with Crippen molar-refractivity contribution in [3.8, 4) is 0 Å². The summed E-state index contributed by atoms with van der Waals surface area (Å²) in [5, 5.41) is 16.3. The zero-order valence-electron chi connectivity index (χ0n) is 13.9. The van der Waals surface area contributed by atoms with E-state index in [0.717, 1.165) is 30.4 Å².